The summed E-state index contributed by atoms with van der Waals surface area (Å²) in [6.07, 6.45) is -0.506. The molecule has 0 fully saturated rings. The monoisotopic (exact) mass is 271 g/mol. The average molecular weight is 271 g/mol. The van der Waals surface area contributed by atoms with E-state index in [1.807, 2.05) is 13.8 Å². The third-order valence-electron chi connectivity index (χ3n) is 2.30. The zero-order chi connectivity index (χ0) is 14.3. The molecule has 2 N–H and O–H groups in total. The van der Waals surface area contributed by atoms with E-state index in [9.17, 15) is 9.18 Å². The van der Waals surface area contributed by atoms with Gasteiger partial charge in [-0.15, -0.1) is 0 Å². The molecule has 0 radical (unpaired) electrons. The highest BCUT2D eigenvalue weighted by Crippen LogP contribution is 2.17. The predicted molar refractivity (Wildman–Crippen MR) is 67.5 cm³/mol. The molecule has 0 aliphatic rings. The van der Waals surface area contributed by atoms with Gasteiger partial charge in [-0.25, -0.2) is 4.39 Å². The van der Waals surface area contributed by atoms with Crippen LogP contribution in [0.5, 0.6) is 5.75 Å². The van der Waals surface area contributed by atoms with Gasteiger partial charge in [-0.05, 0) is 26.0 Å². The van der Waals surface area contributed by atoms with E-state index < -0.39 is 18.0 Å². The first-order valence-corrected chi connectivity index (χ1v) is 6.03. The zero-order valence-electron chi connectivity index (χ0n) is 11.0. The highest BCUT2D eigenvalue weighted by atomic mass is 19.1. The number of rotatable bonds is 8. The Morgan fingerprint density at radius 2 is 1.95 bits per heavy atom. The van der Waals surface area contributed by atoms with Crippen LogP contribution in [0.15, 0.2) is 18.2 Å². The van der Waals surface area contributed by atoms with Gasteiger partial charge in [-0.3, -0.25) is 4.79 Å². The Bertz CT molecular complexity index is 419. The fraction of sp³-hybridized carbons (Fsp3) is 0.462. The van der Waals surface area contributed by atoms with Crippen LogP contribution in [0.1, 0.15) is 24.2 Å². The van der Waals surface area contributed by atoms with Gasteiger partial charge < -0.3 is 19.9 Å². The fourth-order valence-electron chi connectivity index (χ4n) is 1.47. The van der Waals surface area contributed by atoms with Crippen LogP contribution in [0.2, 0.25) is 0 Å². The van der Waals surface area contributed by atoms with Crippen molar-refractivity contribution in [3.05, 3.63) is 29.6 Å². The van der Waals surface area contributed by atoms with Crippen LogP contribution in [0, 0.1) is 5.82 Å². The van der Waals surface area contributed by atoms with Gasteiger partial charge in [0, 0.05) is 19.3 Å². The molecule has 6 heteroatoms. The molecule has 0 aliphatic heterocycles. The summed E-state index contributed by atoms with van der Waals surface area (Å²) in [5, 5.41) is 0. The molecule has 0 aromatic heterocycles. The number of hydrogen-bond donors (Lipinski definition) is 1. The molecule has 0 bridgehead atoms. The fourth-order valence-corrected chi connectivity index (χ4v) is 1.47. The van der Waals surface area contributed by atoms with Gasteiger partial charge in [-0.1, -0.05) is 0 Å². The number of carbonyl (C=O) groups is 1. The topological polar surface area (TPSA) is 70.8 Å². The Hall–Kier alpha value is -1.66. The van der Waals surface area contributed by atoms with Gasteiger partial charge in [0.15, 0.2) is 6.29 Å². The van der Waals surface area contributed by atoms with Crippen LogP contribution in [-0.4, -0.2) is 32.0 Å². The number of amides is 1. The molecule has 106 valence electrons. The lowest BCUT2D eigenvalue weighted by atomic mass is 10.2. The van der Waals surface area contributed by atoms with Gasteiger partial charge in [0.2, 0.25) is 0 Å². The second-order valence-electron chi connectivity index (χ2n) is 3.66. The van der Waals surface area contributed by atoms with Crippen molar-refractivity contribution in [2.24, 2.45) is 5.73 Å². The Morgan fingerprint density at radius 3 is 2.42 bits per heavy atom. The molecular formula is C13H18FNO4. The van der Waals surface area contributed by atoms with Crippen LogP contribution >= 0.6 is 0 Å². The molecule has 1 aromatic rings. The molecule has 19 heavy (non-hydrogen) atoms. The van der Waals surface area contributed by atoms with Crippen molar-refractivity contribution in [1.29, 1.82) is 0 Å². The summed E-state index contributed by atoms with van der Waals surface area (Å²) in [7, 11) is 0. The molecule has 1 rings (SSSR count). The molecule has 1 amide bonds. The van der Waals surface area contributed by atoms with Crippen LogP contribution < -0.4 is 10.5 Å². The van der Waals surface area contributed by atoms with Crippen LogP contribution in [0.4, 0.5) is 4.39 Å². The minimum atomic E-state index is -0.814. The SMILES string of the molecule is CCOC(COc1ccc(C(N)=O)c(F)c1)OCC. The van der Waals surface area contributed by atoms with Gasteiger partial charge in [-0.2, -0.15) is 0 Å². The van der Waals surface area contributed by atoms with E-state index in [-0.39, 0.29) is 17.9 Å². The Kier molecular flexibility index (Phi) is 6.24. The lowest BCUT2D eigenvalue weighted by Crippen LogP contribution is -2.25. The number of ether oxygens (including phenoxy) is 3. The van der Waals surface area contributed by atoms with Crippen LogP contribution in [-0.2, 0) is 9.47 Å². The number of hydrogen-bond acceptors (Lipinski definition) is 4. The molecule has 0 aliphatic carbocycles. The van der Waals surface area contributed by atoms with E-state index in [1.165, 1.54) is 12.1 Å². The van der Waals surface area contributed by atoms with Gasteiger partial charge in [0.25, 0.3) is 5.91 Å². The summed E-state index contributed by atoms with van der Waals surface area (Å²) in [5.41, 5.74) is 4.84. The average Bonchev–Trinajstić information content (AvgIpc) is 2.36. The van der Waals surface area contributed by atoms with E-state index in [1.54, 1.807) is 0 Å². The minimum Gasteiger partial charge on any atom is -0.488 e. The molecule has 0 unspecified atom stereocenters. The van der Waals surface area contributed by atoms with E-state index in [0.29, 0.717) is 13.2 Å². The first kappa shape index (κ1) is 15.4. The smallest absolute Gasteiger partial charge is 0.251 e. The van der Waals surface area contributed by atoms with Crippen molar-refractivity contribution >= 4 is 5.91 Å². The zero-order valence-corrected chi connectivity index (χ0v) is 11.0. The highest BCUT2D eigenvalue weighted by molar-refractivity contribution is 5.93. The molecule has 1 aromatic carbocycles. The van der Waals surface area contributed by atoms with Gasteiger partial charge >= 0.3 is 0 Å². The second kappa shape index (κ2) is 7.70. The standard InChI is InChI=1S/C13H18FNO4/c1-3-17-12(18-4-2)8-19-9-5-6-10(13(15)16)11(14)7-9/h5-7,12H,3-4,8H2,1-2H3,(H2,15,16). The van der Waals surface area contributed by atoms with E-state index in [0.717, 1.165) is 6.07 Å². The van der Waals surface area contributed by atoms with E-state index in [2.05, 4.69) is 0 Å². The molecule has 5 nitrogen and oxygen atoms in total. The van der Waals surface area contributed by atoms with Crippen LogP contribution in [0.25, 0.3) is 0 Å². The lowest BCUT2D eigenvalue weighted by molar-refractivity contribution is -0.152. The third-order valence-corrected chi connectivity index (χ3v) is 2.30. The van der Waals surface area contributed by atoms with Crippen molar-refractivity contribution in [1.82, 2.24) is 0 Å². The molecule has 0 spiro atoms. The first-order valence-electron chi connectivity index (χ1n) is 6.03. The molecule has 0 atom stereocenters. The quantitative estimate of drug-likeness (QED) is 0.730. The Morgan fingerprint density at radius 1 is 1.32 bits per heavy atom. The number of carbonyl (C=O) groups excluding carboxylic acids is 1. The first-order chi connectivity index (χ1) is 9.08. The molecule has 0 heterocycles. The largest absolute Gasteiger partial charge is 0.488 e. The molecular weight excluding hydrogens is 253 g/mol. The summed E-state index contributed by atoms with van der Waals surface area (Å²) < 4.78 is 29.4. The maximum atomic E-state index is 13.5. The van der Waals surface area contributed by atoms with E-state index in [4.69, 9.17) is 19.9 Å². The number of benzene rings is 1. The van der Waals surface area contributed by atoms with Crippen molar-refractivity contribution in [3.63, 3.8) is 0 Å². The normalized spacial score (nSPS) is 10.7. The van der Waals surface area contributed by atoms with E-state index >= 15 is 0 Å². The van der Waals surface area contributed by atoms with Gasteiger partial charge in [0.1, 0.15) is 18.2 Å². The Balaban J connectivity index is 2.62. The molecule has 0 saturated heterocycles. The number of halogens is 1. The summed E-state index contributed by atoms with van der Waals surface area (Å²) in [6.45, 7) is 4.80. The van der Waals surface area contributed by atoms with Crippen molar-refractivity contribution < 1.29 is 23.4 Å². The van der Waals surface area contributed by atoms with Crippen molar-refractivity contribution in [2.75, 3.05) is 19.8 Å². The van der Waals surface area contributed by atoms with Crippen molar-refractivity contribution in [3.8, 4) is 5.75 Å². The maximum absolute atomic E-state index is 13.5. The summed E-state index contributed by atoms with van der Waals surface area (Å²) >= 11 is 0. The summed E-state index contributed by atoms with van der Waals surface area (Å²) in [6, 6.07) is 3.86. The molecule has 0 saturated carbocycles. The summed E-state index contributed by atoms with van der Waals surface area (Å²) in [5.74, 6) is -1.24. The minimum absolute atomic E-state index is 0.136. The Labute approximate surface area is 111 Å². The van der Waals surface area contributed by atoms with Crippen molar-refractivity contribution in [2.45, 2.75) is 20.1 Å². The highest BCUT2D eigenvalue weighted by Gasteiger charge is 2.12. The number of primary amides is 1. The predicted octanol–water partition coefficient (Wildman–Crippen LogP) is 1.70. The third kappa shape index (κ3) is 4.84. The summed E-state index contributed by atoms with van der Waals surface area (Å²) in [4.78, 5) is 10.9. The van der Waals surface area contributed by atoms with Crippen LogP contribution in [0.3, 0.4) is 0 Å². The lowest BCUT2D eigenvalue weighted by Gasteiger charge is -2.17. The number of nitrogens with two attached hydrogens (primary N) is 1. The maximum Gasteiger partial charge on any atom is 0.251 e. The van der Waals surface area contributed by atoms with Gasteiger partial charge in [0.05, 0.1) is 5.56 Å². The second-order valence-corrected chi connectivity index (χ2v) is 3.66.